The van der Waals surface area contributed by atoms with E-state index in [1.165, 1.54) is 0 Å². The van der Waals surface area contributed by atoms with Crippen molar-refractivity contribution in [2.24, 2.45) is 35.0 Å². The molecule has 0 aromatic carbocycles. The van der Waals surface area contributed by atoms with E-state index in [4.69, 9.17) is 32.5 Å². The third-order valence-corrected chi connectivity index (χ3v) is 3.09. The Morgan fingerprint density at radius 1 is 0.654 bits per heavy atom. The Balaban J connectivity index is -0.000000306. The van der Waals surface area contributed by atoms with Crippen LogP contribution in [-0.2, 0) is 14.4 Å². The largest absolute Gasteiger partial charge is 0.480 e. The van der Waals surface area contributed by atoms with Gasteiger partial charge in [0.1, 0.15) is 18.1 Å². The first-order chi connectivity index (χ1) is 11.6. The van der Waals surface area contributed by atoms with Gasteiger partial charge in [0, 0.05) is 0 Å². The number of aliphatic carboxylic acids is 3. The van der Waals surface area contributed by atoms with E-state index in [1.807, 2.05) is 27.7 Å². The highest BCUT2D eigenvalue weighted by atomic mass is 16.4. The van der Waals surface area contributed by atoms with Crippen LogP contribution in [0.25, 0.3) is 0 Å². The predicted molar refractivity (Wildman–Crippen MR) is 101 cm³/mol. The lowest BCUT2D eigenvalue weighted by Gasteiger charge is -2.07. The van der Waals surface area contributed by atoms with Gasteiger partial charge < -0.3 is 32.5 Å². The van der Waals surface area contributed by atoms with Crippen LogP contribution >= 0.6 is 0 Å². The molecule has 0 unspecified atom stereocenters. The molecule has 0 aliphatic heterocycles. The highest BCUT2D eigenvalue weighted by Gasteiger charge is 2.14. The Morgan fingerprint density at radius 3 is 0.962 bits per heavy atom. The molecule has 0 rings (SSSR count). The Kier molecular flexibility index (Phi) is 17.4. The first-order valence-corrected chi connectivity index (χ1v) is 8.58. The number of hydrogen-bond donors (Lipinski definition) is 6. The summed E-state index contributed by atoms with van der Waals surface area (Å²) >= 11 is 0. The van der Waals surface area contributed by atoms with Gasteiger partial charge in [0.15, 0.2) is 0 Å². The molecule has 0 saturated heterocycles. The molecule has 156 valence electrons. The number of carbonyl (C=O) groups is 3. The van der Waals surface area contributed by atoms with Gasteiger partial charge >= 0.3 is 17.9 Å². The molecule has 0 radical (unpaired) electrons. The number of hydrogen-bond acceptors (Lipinski definition) is 6. The van der Waals surface area contributed by atoms with E-state index in [0.717, 1.165) is 0 Å². The molecule has 0 heterocycles. The van der Waals surface area contributed by atoms with Gasteiger partial charge in [0.05, 0.1) is 0 Å². The van der Waals surface area contributed by atoms with E-state index in [-0.39, 0.29) is 5.92 Å². The van der Waals surface area contributed by atoms with Crippen LogP contribution in [0.15, 0.2) is 0 Å². The molecule has 0 saturated carbocycles. The van der Waals surface area contributed by atoms with Gasteiger partial charge in [-0.05, 0) is 30.6 Å². The maximum atomic E-state index is 10.1. The minimum absolute atomic E-state index is 0.0208. The molecule has 9 heteroatoms. The summed E-state index contributed by atoms with van der Waals surface area (Å²) in [5, 5.41) is 24.8. The fourth-order valence-electron chi connectivity index (χ4n) is 1.50. The smallest absolute Gasteiger partial charge is 0.320 e. The van der Waals surface area contributed by atoms with Crippen molar-refractivity contribution < 1.29 is 29.7 Å². The van der Waals surface area contributed by atoms with E-state index in [9.17, 15) is 14.4 Å². The number of nitrogens with two attached hydrogens (primary N) is 3. The summed E-state index contributed by atoms with van der Waals surface area (Å²) in [6.07, 6.45) is 1.10. The second-order valence-corrected chi connectivity index (χ2v) is 7.26. The zero-order chi connectivity index (χ0) is 21.6. The summed E-state index contributed by atoms with van der Waals surface area (Å²) in [6, 6.07) is -2.09. The zero-order valence-electron chi connectivity index (χ0n) is 16.7. The van der Waals surface area contributed by atoms with Gasteiger partial charge in [-0.25, -0.2) is 0 Å². The van der Waals surface area contributed by atoms with E-state index in [1.54, 1.807) is 13.8 Å². The van der Waals surface area contributed by atoms with Crippen molar-refractivity contribution >= 4 is 17.9 Å². The first-order valence-electron chi connectivity index (χ1n) is 8.58. The highest BCUT2D eigenvalue weighted by Crippen LogP contribution is 2.02. The van der Waals surface area contributed by atoms with E-state index < -0.39 is 36.0 Å². The summed E-state index contributed by atoms with van der Waals surface area (Å²) in [5.41, 5.74) is 15.6. The lowest BCUT2D eigenvalue weighted by Crippen LogP contribution is -2.34. The molecule has 9 nitrogen and oxygen atoms in total. The third-order valence-electron chi connectivity index (χ3n) is 3.09. The second kappa shape index (κ2) is 15.5. The molecule has 26 heavy (non-hydrogen) atoms. The van der Waals surface area contributed by atoms with E-state index >= 15 is 0 Å². The van der Waals surface area contributed by atoms with Crippen molar-refractivity contribution in [2.45, 2.75) is 72.5 Å². The van der Waals surface area contributed by atoms with Crippen molar-refractivity contribution in [3.63, 3.8) is 0 Å². The van der Waals surface area contributed by atoms with Crippen LogP contribution in [0.4, 0.5) is 0 Å². The van der Waals surface area contributed by atoms with Crippen LogP contribution in [0.2, 0.25) is 0 Å². The van der Waals surface area contributed by atoms with Crippen molar-refractivity contribution in [1.29, 1.82) is 0 Å². The lowest BCUT2D eigenvalue weighted by atomic mass is 10.1. The fourth-order valence-corrected chi connectivity index (χ4v) is 1.50. The van der Waals surface area contributed by atoms with Crippen LogP contribution in [0.3, 0.4) is 0 Å². The van der Waals surface area contributed by atoms with Gasteiger partial charge in [-0.15, -0.1) is 0 Å². The van der Waals surface area contributed by atoms with Crippen molar-refractivity contribution in [3.05, 3.63) is 0 Å². The van der Waals surface area contributed by atoms with Crippen LogP contribution in [0.5, 0.6) is 0 Å². The van der Waals surface area contributed by atoms with Crippen LogP contribution in [0.1, 0.15) is 54.4 Å². The number of carboxylic acid groups (broad SMARTS) is 3. The lowest BCUT2D eigenvalue weighted by molar-refractivity contribution is -0.140. The average Bonchev–Trinajstić information content (AvgIpc) is 2.45. The topological polar surface area (TPSA) is 190 Å². The van der Waals surface area contributed by atoms with E-state index in [0.29, 0.717) is 24.7 Å². The third kappa shape index (κ3) is 20.3. The average molecular weight is 379 g/mol. The van der Waals surface area contributed by atoms with Crippen LogP contribution < -0.4 is 17.2 Å². The molecule has 0 aromatic rings. The molecule has 0 aromatic heterocycles. The molecule has 3 atom stereocenters. The Morgan fingerprint density at radius 2 is 0.923 bits per heavy atom. The Hall–Kier alpha value is -1.71. The van der Waals surface area contributed by atoms with Gasteiger partial charge in [-0.3, -0.25) is 14.4 Å². The summed E-state index contributed by atoms with van der Waals surface area (Å²) in [6.45, 7) is 11.3. The summed E-state index contributed by atoms with van der Waals surface area (Å²) in [5.74, 6) is -2.02. The number of carboxylic acids is 3. The molecular weight excluding hydrogens is 342 g/mol. The van der Waals surface area contributed by atoms with Gasteiger partial charge in [-0.1, -0.05) is 41.5 Å². The summed E-state index contributed by atoms with van der Waals surface area (Å²) < 4.78 is 0. The molecular formula is C17H37N3O6. The SMILES string of the molecule is CC(C)C[C@H](N)C(=O)O.CC(C)C[C@H](N)C(=O)O.CC(C)[C@H](N)C(=O)O. The van der Waals surface area contributed by atoms with Crippen LogP contribution in [-0.4, -0.2) is 51.4 Å². The summed E-state index contributed by atoms with van der Waals surface area (Å²) in [4.78, 5) is 30.2. The maximum absolute atomic E-state index is 10.1. The standard InChI is InChI=1S/2C6H13NO2.C5H11NO2/c2*1-4(2)3-5(7)6(8)9;1-3(2)4(6)5(7)8/h2*4-5H,3,7H2,1-2H3,(H,8,9);3-4H,6H2,1-2H3,(H,7,8)/t2*5-;4-/m000/s1. The molecule has 0 amide bonds. The maximum Gasteiger partial charge on any atom is 0.320 e. The second-order valence-electron chi connectivity index (χ2n) is 7.26. The molecule has 0 fully saturated rings. The molecule has 0 aliphatic carbocycles. The highest BCUT2D eigenvalue weighted by molar-refractivity contribution is 5.73. The monoisotopic (exact) mass is 379 g/mol. The zero-order valence-corrected chi connectivity index (χ0v) is 16.7. The van der Waals surface area contributed by atoms with Gasteiger partial charge in [0.2, 0.25) is 0 Å². The molecule has 0 spiro atoms. The van der Waals surface area contributed by atoms with Crippen molar-refractivity contribution in [2.75, 3.05) is 0 Å². The van der Waals surface area contributed by atoms with Crippen LogP contribution in [0, 0.1) is 17.8 Å². The summed E-state index contributed by atoms with van der Waals surface area (Å²) in [7, 11) is 0. The van der Waals surface area contributed by atoms with Gasteiger partial charge in [-0.2, -0.15) is 0 Å². The molecule has 9 N–H and O–H groups in total. The predicted octanol–water partition coefficient (Wildman–Crippen LogP) is 0.943. The van der Waals surface area contributed by atoms with Crippen molar-refractivity contribution in [1.82, 2.24) is 0 Å². The fraction of sp³-hybridized carbons (Fsp3) is 0.824. The number of rotatable bonds is 8. The molecule has 0 bridgehead atoms. The minimum Gasteiger partial charge on any atom is -0.480 e. The van der Waals surface area contributed by atoms with Crippen molar-refractivity contribution in [3.8, 4) is 0 Å². The van der Waals surface area contributed by atoms with E-state index in [2.05, 4.69) is 0 Å². The quantitative estimate of drug-likeness (QED) is 0.356. The minimum atomic E-state index is -0.931. The first kappa shape index (κ1) is 29.1. The van der Waals surface area contributed by atoms with Gasteiger partial charge in [0.25, 0.3) is 0 Å². The molecule has 0 aliphatic rings. The Labute approximate surface area is 155 Å². The Bertz CT molecular complexity index is 387. The normalized spacial score (nSPS) is 13.8.